The Morgan fingerprint density at radius 3 is 2.84 bits per heavy atom. The van der Waals surface area contributed by atoms with Crippen molar-refractivity contribution in [3.63, 3.8) is 0 Å². The van der Waals surface area contributed by atoms with Gasteiger partial charge in [-0.05, 0) is 38.8 Å². The van der Waals surface area contributed by atoms with Crippen LogP contribution >= 0.6 is 11.6 Å². The third kappa shape index (κ3) is 3.32. The van der Waals surface area contributed by atoms with Crippen LogP contribution in [0.25, 0.3) is 0 Å². The number of hydrogen-bond donors (Lipinski definition) is 0. The molecule has 2 rings (SSSR count). The van der Waals surface area contributed by atoms with Crippen LogP contribution in [0.3, 0.4) is 0 Å². The number of ketones is 1. The lowest BCUT2D eigenvalue weighted by atomic mass is 10.0. The molecule has 0 fully saturated rings. The van der Waals surface area contributed by atoms with Crippen LogP contribution in [-0.4, -0.2) is 22.3 Å². The van der Waals surface area contributed by atoms with E-state index < -0.39 is 5.60 Å². The lowest BCUT2D eigenvalue weighted by Crippen LogP contribution is -2.26. The summed E-state index contributed by atoms with van der Waals surface area (Å²) < 4.78 is 5.24. The second-order valence-electron chi connectivity index (χ2n) is 5.72. The fraction of sp³-hybridized carbons (Fsp3) is 0.500. The van der Waals surface area contributed by atoms with Crippen LogP contribution in [-0.2, 0) is 16.0 Å². The molecule has 0 radical (unpaired) electrons. The molecule has 0 saturated heterocycles. The van der Waals surface area contributed by atoms with Gasteiger partial charge < -0.3 is 4.74 Å². The zero-order valence-electron chi connectivity index (χ0n) is 11.2. The van der Waals surface area contributed by atoms with Crippen LogP contribution in [0.5, 0.6) is 0 Å². The summed E-state index contributed by atoms with van der Waals surface area (Å²) in [4.78, 5) is 27.8. The van der Waals surface area contributed by atoms with E-state index in [-0.39, 0.29) is 24.1 Å². The number of carbonyl (C=O) groups is 2. The molecule has 1 aromatic heterocycles. The molecule has 0 spiro atoms. The first-order valence-electron chi connectivity index (χ1n) is 6.17. The van der Waals surface area contributed by atoms with Crippen LogP contribution in [0.2, 0.25) is 5.15 Å². The minimum atomic E-state index is -0.531. The smallest absolute Gasteiger partial charge is 0.307 e. The first kappa shape index (κ1) is 14.0. The molecule has 4 nitrogen and oxygen atoms in total. The number of fused-ring (bicyclic) bond motifs is 1. The van der Waals surface area contributed by atoms with E-state index in [1.807, 2.05) is 0 Å². The standard InChI is InChI=1S/C14H16ClNO3/c1-14(2,3)19-12(17)6-9-4-8-5-11(15)16-7-10(8)13(9)18/h5,7,9H,4,6H2,1-3H3/t9-/m0/s1. The van der Waals surface area contributed by atoms with Crippen LogP contribution in [0.1, 0.15) is 43.1 Å². The summed E-state index contributed by atoms with van der Waals surface area (Å²) in [5, 5.41) is 0.365. The molecule has 0 bridgehead atoms. The van der Waals surface area contributed by atoms with Gasteiger partial charge in [-0.3, -0.25) is 9.59 Å². The topological polar surface area (TPSA) is 56.3 Å². The van der Waals surface area contributed by atoms with Gasteiger partial charge in [0.25, 0.3) is 0 Å². The molecule has 0 saturated carbocycles. The van der Waals surface area contributed by atoms with Crippen LogP contribution in [0, 0.1) is 5.92 Å². The van der Waals surface area contributed by atoms with Crippen molar-refractivity contribution in [1.29, 1.82) is 0 Å². The number of aromatic nitrogens is 1. The van der Waals surface area contributed by atoms with Gasteiger partial charge in [0.05, 0.1) is 6.42 Å². The van der Waals surface area contributed by atoms with Crippen molar-refractivity contribution in [2.45, 2.75) is 39.2 Å². The summed E-state index contributed by atoms with van der Waals surface area (Å²) in [5.41, 5.74) is 0.896. The molecule has 1 aliphatic carbocycles. The molecule has 102 valence electrons. The fourth-order valence-electron chi connectivity index (χ4n) is 2.19. The molecule has 1 aromatic rings. The minimum absolute atomic E-state index is 0.0509. The third-order valence-corrected chi connectivity index (χ3v) is 3.10. The quantitative estimate of drug-likeness (QED) is 0.618. The summed E-state index contributed by atoms with van der Waals surface area (Å²) in [6.07, 6.45) is 2.10. The van der Waals surface area contributed by atoms with E-state index in [1.165, 1.54) is 6.20 Å². The number of esters is 1. The van der Waals surface area contributed by atoms with Gasteiger partial charge in [-0.25, -0.2) is 4.98 Å². The maximum Gasteiger partial charge on any atom is 0.307 e. The predicted octanol–water partition coefficient (Wildman–Crippen LogP) is 2.82. The maximum atomic E-state index is 12.1. The third-order valence-electron chi connectivity index (χ3n) is 2.89. The first-order valence-corrected chi connectivity index (χ1v) is 6.54. The first-order chi connectivity index (χ1) is 8.76. The van der Waals surface area contributed by atoms with Gasteiger partial charge in [-0.15, -0.1) is 0 Å². The summed E-state index contributed by atoms with van der Waals surface area (Å²) in [6, 6.07) is 1.68. The van der Waals surface area contributed by atoms with Crippen molar-refractivity contribution in [2.75, 3.05) is 0 Å². The van der Waals surface area contributed by atoms with Crippen LogP contribution in [0.15, 0.2) is 12.3 Å². The lowest BCUT2D eigenvalue weighted by molar-refractivity contribution is -0.155. The second-order valence-corrected chi connectivity index (χ2v) is 6.11. The lowest BCUT2D eigenvalue weighted by Gasteiger charge is -2.20. The number of hydrogen-bond acceptors (Lipinski definition) is 4. The zero-order chi connectivity index (χ0) is 14.2. The highest BCUT2D eigenvalue weighted by molar-refractivity contribution is 6.29. The number of halogens is 1. The molecule has 1 aliphatic rings. The SMILES string of the molecule is CC(C)(C)OC(=O)C[C@@H]1Cc2cc(Cl)ncc2C1=O. The monoisotopic (exact) mass is 281 g/mol. The number of nitrogens with zero attached hydrogens (tertiary/aromatic N) is 1. The second kappa shape index (κ2) is 4.93. The summed E-state index contributed by atoms with van der Waals surface area (Å²) in [7, 11) is 0. The van der Waals surface area contributed by atoms with E-state index in [4.69, 9.17) is 16.3 Å². The molecular formula is C14H16ClNO3. The van der Waals surface area contributed by atoms with Gasteiger partial charge in [0.1, 0.15) is 10.8 Å². The number of carbonyl (C=O) groups excluding carboxylic acids is 2. The average Bonchev–Trinajstić information content (AvgIpc) is 2.52. The van der Waals surface area contributed by atoms with Crippen molar-refractivity contribution in [1.82, 2.24) is 4.98 Å². The minimum Gasteiger partial charge on any atom is -0.460 e. The largest absolute Gasteiger partial charge is 0.460 e. The number of Topliss-reactive ketones (excluding diaryl/α,β-unsaturated/α-hetero) is 1. The molecule has 5 heteroatoms. The van der Waals surface area contributed by atoms with E-state index in [0.29, 0.717) is 17.1 Å². The Labute approximate surface area is 117 Å². The maximum absolute atomic E-state index is 12.1. The van der Waals surface area contributed by atoms with Gasteiger partial charge >= 0.3 is 5.97 Å². The van der Waals surface area contributed by atoms with E-state index in [9.17, 15) is 9.59 Å². The van der Waals surface area contributed by atoms with Crippen molar-refractivity contribution < 1.29 is 14.3 Å². The van der Waals surface area contributed by atoms with Gasteiger partial charge in [0.2, 0.25) is 0 Å². The Bertz CT molecular complexity index is 534. The number of ether oxygens (including phenoxy) is 1. The highest BCUT2D eigenvalue weighted by Crippen LogP contribution is 2.30. The fourth-order valence-corrected chi connectivity index (χ4v) is 2.37. The van der Waals surface area contributed by atoms with Crippen molar-refractivity contribution in [3.05, 3.63) is 28.5 Å². The highest BCUT2D eigenvalue weighted by Gasteiger charge is 2.33. The Morgan fingerprint density at radius 1 is 1.53 bits per heavy atom. The molecule has 0 aliphatic heterocycles. The van der Waals surface area contributed by atoms with E-state index in [0.717, 1.165) is 5.56 Å². The van der Waals surface area contributed by atoms with E-state index in [2.05, 4.69) is 4.98 Å². The van der Waals surface area contributed by atoms with E-state index >= 15 is 0 Å². The van der Waals surface area contributed by atoms with Gasteiger partial charge in [0, 0.05) is 17.7 Å². The molecule has 0 aromatic carbocycles. The number of pyridine rings is 1. The average molecular weight is 282 g/mol. The van der Waals surface area contributed by atoms with Gasteiger partial charge in [-0.2, -0.15) is 0 Å². The van der Waals surface area contributed by atoms with Crippen LogP contribution in [0.4, 0.5) is 0 Å². The highest BCUT2D eigenvalue weighted by atomic mass is 35.5. The molecule has 0 N–H and O–H groups in total. The van der Waals surface area contributed by atoms with Gasteiger partial charge in [0.15, 0.2) is 5.78 Å². The molecule has 1 atom stereocenters. The number of rotatable bonds is 2. The molecule has 1 heterocycles. The predicted molar refractivity (Wildman–Crippen MR) is 71.2 cm³/mol. The molecule has 0 amide bonds. The summed E-state index contributed by atoms with van der Waals surface area (Å²) >= 11 is 5.80. The van der Waals surface area contributed by atoms with Crippen molar-refractivity contribution >= 4 is 23.4 Å². The van der Waals surface area contributed by atoms with Crippen molar-refractivity contribution in [3.8, 4) is 0 Å². The normalized spacial score (nSPS) is 18.3. The van der Waals surface area contributed by atoms with E-state index in [1.54, 1.807) is 26.8 Å². The Balaban J connectivity index is 2.06. The summed E-state index contributed by atoms with van der Waals surface area (Å²) in [6.45, 7) is 5.42. The molecule has 0 unspecified atom stereocenters. The Morgan fingerprint density at radius 2 is 2.21 bits per heavy atom. The van der Waals surface area contributed by atoms with Crippen molar-refractivity contribution in [2.24, 2.45) is 5.92 Å². The summed E-state index contributed by atoms with van der Waals surface area (Å²) in [5.74, 6) is -0.757. The van der Waals surface area contributed by atoms with Crippen LogP contribution < -0.4 is 0 Å². The molecule has 19 heavy (non-hydrogen) atoms. The molecular weight excluding hydrogens is 266 g/mol. The zero-order valence-corrected chi connectivity index (χ0v) is 12.0. The Hall–Kier alpha value is -1.42. The van der Waals surface area contributed by atoms with Gasteiger partial charge in [-0.1, -0.05) is 11.6 Å². The Kier molecular flexibility index (Phi) is 3.63.